The third kappa shape index (κ3) is 5.86. The highest BCUT2D eigenvalue weighted by molar-refractivity contribution is 7.88. The summed E-state index contributed by atoms with van der Waals surface area (Å²) in [6, 6.07) is 1.49. The quantitative estimate of drug-likeness (QED) is 0.715. The smallest absolute Gasteiger partial charge is 0.252 e. The molecule has 1 heterocycles. The van der Waals surface area contributed by atoms with Crippen LogP contribution in [0.1, 0.15) is 24.2 Å². The second-order valence-electron chi connectivity index (χ2n) is 5.25. The van der Waals surface area contributed by atoms with Gasteiger partial charge in [-0.15, -0.1) is 0 Å². The molecule has 0 saturated carbocycles. The van der Waals surface area contributed by atoms with E-state index in [1.807, 2.05) is 0 Å². The Morgan fingerprint density at radius 1 is 1.43 bits per heavy atom. The average molecular weight is 335 g/mol. The number of aromatic nitrogens is 1. The van der Waals surface area contributed by atoms with Gasteiger partial charge >= 0.3 is 0 Å². The molecule has 0 unspecified atom stereocenters. The number of carbonyl (C=O) groups is 1. The van der Waals surface area contributed by atoms with Gasteiger partial charge in [0.2, 0.25) is 10.0 Å². The maximum absolute atomic E-state index is 12.0. The summed E-state index contributed by atoms with van der Waals surface area (Å²) in [7, 11) is -1.68. The second kappa shape index (κ2) is 6.59. The van der Waals surface area contributed by atoms with E-state index in [4.69, 9.17) is 11.6 Å². The van der Waals surface area contributed by atoms with Crippen LogP contribution in [0, 0.1) is 0 Å². The van der Waals surface area contributed by atoms with Crippen molar-refractivity contribution in [2.45, 2.75) is 19.4 Å². The maximum Gasteiger partial charge on any atom is 0.252 e. The SMILES string of the molecule is CNc1ncc(C(=O)NCC(C)(C)NS(C)(=O)=O)cc1Cl. The highest BCUT2D eigenvalue weighted by atomic mass is 35.5. The lowest BCUT2D eigenvalue weighted by Crippen LogP contribution is -2.51. The highest BCUT2D eigenvalue weighted by Crippen LogP contribution is 2.19. The number of hydrogen-bond acceptors (Lipinski definition) is 5. The van der Waals surface area contributed by atoms with Crippen molar-refractivity contribution in [3.05, 3.63) is 22.8 Å². The number of halogens is 1. The number of sulfonamides is 1. The lowest BCUT2D eigenvalue weighted by Gasteiger charge is -2.25. The first-order chi connectivity index (χ1) is 9.54. The molecule has 1 amide bonds. The fourth-order valence-electron chi connectivity index (χ4n) is 1.69. The second-order valence-corrected chi connectivity index (χ2v) is 7.40. The Labute approximate surface area is 129 Å². The maximum atomic E-state index is 12.0. The molecule has 9 heteroatoms. The Kier molecular flexibility index (Phi) is 5.54. The predicted octanol–water partition coefficient (Wildman–Crippen LogP) is 0.834. The van der Waals surface area contributed by atoms with Crippen LogP contribution >= 0.6 is 11.6 Å². The average Bonchev–Trinajstić information content (AvgIpc) is 2.33. The molecule has 0 saturated heterocycles. The van der Waals surface area contributed by atoms with Gasteiger partial charge in [-0.3, -0.25) is 4.79 Å². The number of rotatable bonds is 6. The minimum Gasteiger partial charge on any atom is -0.372 e. The number of pyridine rings is 1. The fourth-order valence-corrected chi connectivity index (χ4v) is 3.02. The molecule has 1 rings (SSSR count). The van der Waals surface area contributed by atoms with Gasteiger partial charge in [0.05, 0.1) is 16.8 Å². The molecule has 0 bridgehead atoms. The van der Waals surface area contributed by atoms with E-state index in [0.717, 1.165) is 6.26 Å². The van der Waals surface area contributed by atoms with E-state index in [1.165, 1.54) is 12.3 Å². The van der Waals surface area contributed by atoms with Crippen LogP contribution in [0.5, 0.6) is 0 Å². The number of carbonyl (C=O) groups excluding carboxylic acids is 1. The Morgan fingerprint density at radius 3 is 2.52 bits per heavy atom. The predicted molar refractivity (Wildman–Crippen MR) is 83.2 cm³/mol. The Morgan fingerprint density at radius 2 is 2.05 bits per heavy atom. The fraction of sp³-hybridized carbons (Fsp3) is 0.500. The molecule has 0 aromatic carbocycles. The zero-order valence-electron chi connectivity index (χ0n) is 12.3. The van der Waals surface area contributed by atoms with Crippen molar-refractivity contribution in [3.63, 3.8) is 0 Å². The Hall–Kier alpha value is -1.38. The summed E-state index contributed by atoms with van der Waals surface area (Å²) in [5.41, 5.74) is -0.500. The van der Waals surface area contributed by atoms with Crippen molar-refractivity contribution in [1.82, 2.24) is 15.0 Å². The van der Waals surface area contributed by atoms with E-state index >= 15 is 0 Å². The molecule has 0 atom stereocenters. The summed E-state index contributed by atoms with van der Waals surface area (Å²) >= 11 is 5.95. The number of anilines is 1. The molecule has 0 fully saturated rings. The normalized spacial score (nSPS) is 12.0. The minimum atomic E-state index is -3.35. The zero-order chi connectivity index (χ0) is 16.3. The van der Waals surface area contributed by atoms with Gasteiger partial charge in [-0.2, -0.15) is 0 Å². The van der Waals surface area contributed by atoms with Crippen molar-refractivity contribution in [2.75, 3.05) is 25.2 Å². The molecule has 0 aliphatic heterocycles. The third-order valence-corrected chi connectivity index (χ3v) is 3.70. The Bertz CT molecular complexity index is 631. The van der Waals surface area contributed by atoms with E-state index in [2.05, 4.69) is 20.3 Å². The van der Waals surface area contributed by atoms with E-state index in [-0.39, 0.29) is 12.5 Å². The summed E-state index contributed by atoms with van der Waals surface area (Å²) in [6.45, 7) is 3.47. The molecule has 1 aromatic heterocycles. The van der Waals surface area contributed by atoms with Crippen molar-refractivity contribution in [1.29, 1.82) is 0 Å². The van der Waals surface area contributed by atoms with Gasteiger partial charge in [0.15, 0.2) is 0 Å². The molecule has 0 radical (unpaired) electrons. The van der Waals surface area contributed by atoms with Crippen LogP contribution in [-0.4, -0.2) is 44.7 Å². The molecule has 1 aromatic rings. The molecule has 118 valence electrons. The first-order valence-corrected chi connectivity index (χ1v) is 8.41. The molecular weight excluding hydrogens is 316 g/mol. The van der Waals surface area contributed by atoms with Gasteiger partial charge < -0.3 is 10.6 Å². The first kappa shape index (κ1) is 17.7. The number of nitrogens with one attached hydrogen (secondary N) is 3. The topological polar surface area (TPSA) is 100 Å². The van der Waals surface area contributed by atoms with Gasteiger partial charge in [-0.05, 0) is 19.9 Å². The molecular formula is C12H19ClN4O3S. The zero-order valence-corrected chi connectivity index (χ0v) is 13.9. The van der Waals surface area contributed by atoms with Gasteiger partial charge in [0, 0.05) is 25.3 Å². The summed E-state index contributed by atoms with van der Waals surface area (Å²) in [5.74, 6) is 0.0997. The van der Waals surface area contributed by atoms with Crippen molar-refractivity contribution >= 4 is 33.3 Å². The largest absolute Gasteiger partial charge is 0.372 e. The molecule has 3 N–H and O–H groups in total. The van der Waals surface area contributed by atoms with E-state index in [1.54, 1.807) is 20.9 Å². The van der Waals surface area contributed by atoms with Crippen LogP contribution in [0.4, 0.5) is 5.82 Å². The van der Waals surface area contributed by atoms with E-state index in [9.17, 15) is 13.2 Å². The van der Waals surface area contributed by atoms with Crippen LogP contribution in [0.25, 0.3) is 0 Å². The lowest BCUT2D eigenvalue weighted by molar-refractivity contribution is 0.0944. The van der Waals surface area contributed by atoms with Gasteiger partial charge in [0.1, 0.15) is 5.82 Å². The number of hydrogen-bond donors (Lipinski definition) is 3. The van der Waals surface area contributed by atoms with Crippen molar-refractivity contribution < 1.29 is 13.2 Å². The van der Waals surface area contributed by atoms with Crippen LogP contribution in [-0.2, 0) is 10.0 Å². The molecule has 0 aliphatic carbocycles. The van der Waals surface area contributed by atoms with E-state index in [0.29, 0.717) is 16.4 Å². The molecule has 21 heavy (non-hydrogen) atoms. The minimum absolute atomic E-state index is 0.129. The standard InChI is InChI=1S/C12H19ClN4O3S/c1-12(2,17-21(4,19)20)7-16-11(18)8-5-9(13)10(14-3)15-6-8/h5-6,17H,7H2,1-4H3,(H,14,15)(H,16,18). The molecule has 0 spiro atoms. The van der Waals surface area contributed by atoms with Gasteiger partial charge in [0.25, 0.3) is 5.91 Å². The van der Waals surface area contributed by atoms with Gasteiger partial charge in [-0.25, -0.2) is 18.1 Å². The molecule has 0 aliphatic rings. The third-order valence-electron chi connectivity index (χ3n) is 2.49. The summed E-state index contributed by atoms with van der Waals surface area (Å²) < 4.78 is 24.9. The van der Waals surface area contributed by atoms with Gasteiger partial charge in [-0.1, -0.05) is 11.6 Å². The first-order valence-electron chi connectivity index (χ1n) is 6.14. The van der Waals surface area contributed by atoms with Crippen LogP contribution in [0.3, 0.4) is 0 Å². The summed E-state index contributed by atoms with van der Waals surface area (Å²) in [5, 5.41) is 5.77. The summed E-state index contributed by atoms with van der Waals surface area (Å²) in [6.07, 6.45) is 2.46. The monoisotopic (exact) mass is 334 g/mol. The van der Waals surface area contributed by atoms with Crippen LogP contribution in [0.2, 0.25) is 5.02 Å². The lowest BCUT2D eigenvalue weighted by atomic mass is 10.1. The summed E-state index contributed by atoms with van der Waals surface area (Å²) in [4.78, 5) is 16.0. The number of nitrogens with zero attached hydrogens (tertiary/aromatic N) is 1. The van der Waals surface area contributed by atoms with Crippen molar-refractivity contribution in [2.24, 2.45) is 0 Å². The van der Waals surface area contributed by atoms with E-state index < -0.39 is 15.6 Å². The van der Waals surface area contributed by atoms with Crippen LogP contribution < -0.4 is 15.4 Å². The molecule has 7 nitrogen and oxygen atoms in total. The number of amides is 1. The van der Waals surface area contributed by atoms with Crippen LogP contribution in [0.15, 0.2) is 12.3 Å². The van der Waals surface area contributed by atoms with Crippen molar-refractivity contribution in [3.8, 4) is 0 Å². The Balaban J connectivity index is 2.72. The highest BCUT2D eigenvalue weighted by Gasteiger charge is 2.23.